The van der Waals surface area contributed by atoms with Crippen LogP contribution in [-0.2, 0) is 11.3 Å². The molecule has 0 aliphatic heterocycles. The number of aliphatic carboxylic acids is 1. The highest BCUT2D eigenvalue weighted by Gasteiger charge is 2.13. The molecule has 0 radical (unpaired) electrons. The van der Waals surface area contributed by atoms with E-state index < -0.39 is 12.0 Å². The number of carboxylic acids is 1. The first-order valence-electron chi connectivity index (χ1n) is 4.96. The Hall–Kier alpha value is -2.22. The van der Waals surface area contributed by atoms with Crippen LogP contribution in [0.15, 0.2) is 17.4 Å². The van der Waals surface area contributed by atoms with Gasteiger partial charge in [0.1, 0.15) is 6.04 Å². The predicted molar refractivity (Wildman–Crippen MR) is 58.4 cm³/mol. The molecule has 0 spiro atoms. The van der Waals surface area contributed by atoms with Crippen molar-refractivity contribution in [2.75, 3.05) is 0 Å². The van der Waals surface area contributed by atoms with Gasteiger partial charge in [0.15, 0.2) is 11.2 Å². The molecule has 0 aliphatic carbocycles. The minimum Gasteiger partial charge on any atom is -0.480 e. The topological polar surface area (TPSA) is 127 Å². The zero-order valence-corrected chi connectivity index (χ0v) is 8.83. The van der Waals surface area contributed by atoms with Gasteiger partial charge in [0.05, 0.1) is 12.7 Å². The Bertz CT molecular complexity index is 602. The first kappa shape index (κ1) is 11.3. The molecule has 0 unspecified atom stereocenters. The second kappa shape index (κ2) is 4.34. The van der Waals surface area contributed by atoms with Crippen molar-refractivity contribution in [3.8, 4) is 0 Å². The third-order valence-electron chi connectivity index (χ3n) is 2.41. The largest absolute Gasteiger partial charge is 0.480 e. The minimum atomic E-state index is -1.06. The van der Waals surface area contributed by atoms with Crippen molar-refractivity contribution in [2.45, 2.75) is 19.0 Å². The van der Waals surface area contributed by atoms with Gasteiger partial charge in [0.25, 0.3) is 5.56 Å². The fourth-order valence-corrected chi connectivity index (χ4v) is 1.46. The van der Waals surface area contributed by atoms with Crippen LogP contribution >= 0.6 is 0 Å². The summed E-state index contributed by atoms with van der Waals surface area (Å²) in [7, 11) is 0. The molecule has 0 saturated heterocycles. The lowest BCUT2D eigenvalue weighted by atomic mass is 10.2. The van der Waals surface area contributed by atoms with E-state index in [2.05, 4.69) is 15.0 Å². The van der Waals surface area contributed by atoms with E-state index in [9.17, 15) is 9.59 Å². The standard InChI is InChI=1S/C9H11N5O3/c10-5(9(16)17)1-2-14-4-13-6-7(14)11-3-12-8(6)15/h3-5H,1-2,10H2,(H,16,17)(H,11,12,15)/t5-/m0/s1. The number of hydrogen-bond donors (Lipinski definition) is 3. The highest BCUT2D eigenvalue weighted by atomic mass is 16.4. The van der Waals surface area contributed by atoms with Gasteiger partial charge in [-0.15, -0.1) is 0 Å². The summed E-state index contributed by atoms with van der Waals surface area (Å²) in [6, 6.07) is -0.936. The van der Waals surface area contributed by atoms with Crippen molar-refractivity contribution in [3.05, 3.63) is 23.0 Å². The molecule has 0 amide bonds. The second-order valence-electron chi connectivity index (χ2n) is 3.58. The van der Waals surface area contributed by atoms with E-state index in [1.807, 2.05) is 0 Å². The van der Waals surface area contributed by atoms with E-state index in [1.165, 1.54) is 12.7 Å². The third-order valence-corrected chi connectivity index (χ3v) is 2.41. The number of hydrogen-bond acceptors (Lipinski definition) is 5. The Morgan fingerprint density at radius 3 is 3.06 bits per heavy atom. The number of imidazole rings is 1. The molecule has 8 heteroatoms. The molecule has 0 saturated carbocycles. The van der Waals surface area contributed by atoms with E-state index in [0.29, 0.717) is 12.2 Å². The summed E-state index contributed by atoms with van der Waals surface area (Å²) >= 11 is 0. The third kappa shape index (κ3) is 2.16. The van der Waals surface area contributed by atoms with Crippen LogP contribution in [-0.4, -0.2) is 36.6 Å². The number of fused-ring (bicyclic) bond motifs is 1. The Kier molecular flexibility index (Phi) is 2.88. The summed E-state index contributed by atoms with van der Waals surface area (Å²) in [6.07, 6.45) is 2.97. The molecular formula is C9H11N5O3. The van der Waals surface area contributed by atoms with Crippen molar-refractivity contribution in [2.24, 2.45) is 5.73 Å². The monoisotopic (exact) mass is 237 g/mol. The van der Waals surface area contributed by atoms with Crippen LogP contribution in [0.1, 0.15) is 6.42 Å². The van der Waals surface area contributed by atoms with Gasteiger partial charge in [-0.1, -0.05) is 0 Å². The molecule has 90 valence electrons. The molecule has 2 heterocycles. The average Bonchev–Trinajstić information content (AvgIpc) is 2.70. The highest BCUT2D eigenvalue weighted by molar-refractivity contribution is 5.73. The molecule has 0 aliphatic rings. The van der Waals surface area contributed by atoms with Crippen LogP contribution in [0.25, 0.3) is 11.2 Å². The second-order valence-corrected chi connectivity index (χ2v) is 3.58. The maximum absolute atomic E-state index is 11.3. The van der Waals surface area contributed by atoms with Crippen LogP contribution in [0, 0.1) is 0 Å². The maximum atomic E-state index is 11.3. The van der Waals surface area contributed by atoms with E-state index in [-0.39, 0.29) is 17.5 Å². The van der Waals surface area contributed by atoms with Crippen LogP contribution < -0.4 is 11.3 Å². The molecule has 2 rings (SSSR count). The quantitative estimate of drug-likeness (QED) is 0.620. The fraction of sp³-hybridized carbons (Fsp3) is 0.333. The van der Waals surface area contributed by atoms with Gasteiger partial charge in [-0.05, 0) is 6.42 Å². The summed E-state index contributed by atoms with van der Waals surface area (Å²) in [4.78, 5) is 32.2. The molecule has 2 aromatic heterocycles. The average molecular weight is 237 g/mol. The van der Waals surface area contributed by atoms with E-state index in [4.69, 9.17) is 10.8 Å². The Labute approximate surface area is 95.1 Å². The number of carbonyl (C=O) groups is 1. The zero-order chi connectivity index (χ0) is 12.4. The van der Waals surface area contributed by atoms with Crippen molar-refractivity contribution >= 4 is 17.1 Å². The number of nitrogens with zero attached hydrogens (tertiary/aromatic N) is 3. The van der Waals surface area contributed by atoms with Gasteiger partial charge in [-0.2, -0.15) is 0 Å². The highest BCUT2D eigenvalue weighted by Crippen LogP contribution is 2.05. The van der Waals surface area contributed by atoms with Gasteiger partial charge in [-0.3, -0.25) is 9.59 Å². The minimum absolute atomic E-state index is 0.233. The summed E-state index contributed by atoms with van der Waals surface area (Å²) in [5.74, 6) is -1.06. The lowest BCUT2D eigenvalue weighted by Gasteiger charge is -2.06. The van der Waals surface area contributed by atoms with Crippen molar-refractivity contribution < 1.29 is 9.90 Å². The molecule has 17 heavy (non-hydrogen) atoms. The molecule has 2 aromatic rings. The molecule has 8 nitrogen and oxygen atoms in total. The Morgan fingerprint density at radius 2 is 2.35 bits per heavy atom. The van der Waals surface area contributed by atoms with Gasteiger partial charge in [-0.25, -0.2) is 9.97 Å². The first-order chi connectivity index (χ1) is 8.09. The molecule has 0 bridgehead atoms. The smallest absolute Gasteiger partial charge is 0.320 e. The van der Waals surface area contributed by atoms with Crippen LogP contribution in [0.3, 0.4) is 0 Å². The summed E-state index contributed by atoms with van der Waals surface area (Å²) < 4.78 is 1.60. The van der Waals surface area contributed by atoms with E-state index in [0.717, 1.165) is 0 Å². The lowest BCUT2D eigenvalue weighted by Crippen LogP contribution is -2.31. The zero-order valence-electron chi connectivity index (χ0n) is 8.83. The maximum Gasteiger partial charge on any atom is 0.320 e. The van der Waals surface area contributed by atoms with Gasteiger partial charge in [0.2, 0.25) is 0 Å². The number of nitrogens with two attached hydrogens (primary N) is 1. The van der Waals surface area contributed by atoms with Crippen LogP contribution in [0.4, 0.5) is 0 Å². The normalized spacial score (nSPS) is 12.8. The molecule has 1 atom stereocenters. The Morgan fingerprint density at radius 1 is 1.59 bits per heavy atom. The fourth-order valence-electron chi connectivity index (χ4n) is 1.46. The molecular weight excluding hydrogens is 226 g/mol. The van der Waals surface area contributed by atoms with Gasteiger partial charge >= 0.3 is 5.97 Å². The van der Waals surface area contributed by atoms with Crippen molar-refractivity contribution in [3.63, 3.8) is 0 Å². The number of nitrogens with one attached hydrogen (secondary N) is 1. The van der Waals surface area contributed by atoms with Gasteiger partial charge in [0, 0.05) is 6.54 Å². The van der Waals surface area contributed by atoms with E-state index in [1.54, 1.807) is 4.57 Å². The van der Waals surface area contributed by atoms with Crippen LogP contribution in [0.5, 0.6) is 0 Å². The number of aryl methyl sites for hydroxylation is 1. The van der Waals surface area contributed by atoms with Crippen molar-refractivity contribution in [1.29, 1.82) is 0 Å². The summed E-state index contributed by atoms with van der Waals surface area (Å²) in [6.45, 7) is 0.348. The number of carboxylic acid groups (broad SMARTS) is 1. The summed E-state index contributed by atoms with van der Waals surface area (Å²) in [5, 5.41) is 8.65. The predicted octanol–water partition coefficient (Wildman–Crippen LogP) is -1.08. The number of H-pyrrole nitrogens is 1. The number of aromatic nitrogens is 4. The number of rotatable bonds is 4. The molecule has 0 fully saturated rings. The first-order valence-corrected chi connectivity index (χ1v) is 4.96. The van der Waals surface area contributed by atoms with Crippen molar-refractivity contribution in [1.82, 2.24) is 19.5 Å². The summed E-state index contributed by atoms with van der Waals surface area (Å²) in [5.41, 5.74) is 5.72. The lowest BCUT2D eigenvalue weighted by molar-refractivity contribution is -0.138. The van der Waals surface area contributed by atoms with Gasteiger partial charge < -0.3 is 20.4 Å². The number of aromatic amines is 1. The Balaban J connectivity index is 2.23. The van der Waals surface area contributed by atoms with E-state index >= 15 is 0 Å². The van der Waals surface area contributed by atoms with Crippen LogP contribution in [0.2, 0.25) is 0 Å². The SMILES string of the molecule is N[C@@H](CCn1cnc2c(=O)[nH]cnc21)C(=O)O. The molecule has 4 N–H and O–H groups in total. The molecule has 0 aromatic carbocycles.